The fourth-order valence-electron chi connectivity index (χ4n) is 1.14. The van der Waals surface area contributed by atoms with Gasteiger partial charge in [-0.15, -0.1) is 0 Å². The minimum atomic E-state index is -0.277. The zero-order chi connectivity index (χ0) is 10.1. The fraction of sp³-hybridized carbons (Fsp3) is 0.667. The molecule has 0 aromatic carbocycles. The predicted octanol–water partition coefficient (Wildman–Crippen LogP) is 1.84. The summed E-state index contributed by atoms with van der Waals surface area (Å²) >= 11 is 6.08. The van der Waals surface area contributed by atoms with Crippen LogP contribution in [-0.2, 0) is 13.0 Å². The molecule has 1 aromatic heterocycles. The second kappa shape index (κ2) is 3.68. The average molecular weight is 202 g/mol. The molecule has 0 spiro atoms. The minimum Gasteiger partial charge on any atom is -0.324 e. The van der Waals surface area contributed by atoms with Crippen LogP contribution in [0.2, 0.25) is 5.15 Å². The molecule has 0 bridgehead atoms. The third-order valence-electron chi connectivity index (χ3n) is 1.78. The third kappa shape index (κ3) is 2.71. The molecule has 13 heavy (non-hydrogen) atoms. The van der Waals surface area contributed by atoms with Gasteiger partial charge in [0, 0.05) is 11.1 Å². The molecule has 0 aliphatic heterocycles. The smallest absolute Gasteiger partial charge is 0.130 e. The predicted molar refractivity (Wildman–Crippen MR) is 54.9 cm³/mol. The van der Waals surface area contributed by atoms with Crippen molar-refractivity contribution in [3.63, 3.8) is 0 Å². The summed E-state index contributed by atoms with van der Waals surface area (Å²) in [5.41, 5.74) is 6.67. The quantitative estimate of drug-likeness (QED) is 0.811. The maximum atomic E-state index is 6.08. The van der Waals surface area contributed by atoms with Gasteiger partial charge in [0.15, 0.2) is 0 Å². The van der Waals surface area contributed by atoms with E-state index >= 15 is 0 Å². The van der Waals surface area contributed by atoms with Crippen molar-refractivity contribution in [2.24, 2.45) is 5.73 Å². The van der Waals surface area contributed by atoms with Gasteiger partial charge in [-0.1, -0.05) is 18.5 Å². The van der Waals surface area contributed by atoms with E-state index in [9.17, 15) is 0 Å². The van der Waals surface area contributed by atoms with E-state index in [1.54, 1.807) is 10.9 Å². The summed E-state index contributed by atoms with van der Waals surface area (Å²) in [6, 6.07) is 0. The van der Waals surface area contributed by atoms with Gasteiger partial charge in [-0.05, 0) is 20.3 Å². The lowest BCUT2D eigenvalue weighted by atomic mass is 10.1. The highest BCUT2D eigenvalue weighted by atomic mass is 35.5. The van der Waals surface area contributed by atoms with Gasteiger partial charge in [-0.2, -0.15) is 5.10 Å². The molecule has 3 nitrogen and oxygen atoms in total. The van der Waals surface area contributed by atoms with Crippen molar-refractivity contribution in [1.29, 1.82) is 0 Å². The molecular weight excluding hydrogens is 186 g/mol. The van der Waals surface area contributed by atoms with Crippen molar-refractivity contribution in [3.05, 3.63) is 16.9 Å². The SMILES string of the molecule is CCc1cnn(CC(C)(C)N)c1Cl. The van der Waals surface area contributed by atoms with Gasteiger partial charge in [-0.25, -0.2) is 0 Å². The monoisotopic (exact) mass is 201 g/mol. The van der Waals surface area contributed by atoms with Crippen LogP contribution in [0.25, 0.3) is 0 Å². The largest absolute Gasteiger partial charge is 0.324 e. The van der Waals surface area contributed by atoms with E-state index in [4.69, 9.17) is 17.3 Å². The molecular formula is C9H16ClN3. The highest BCUT2D eigenvalue weighted by Crippen LogP contribution is 2.17. The zero-order valence-corrected chi connectivity index (χ0v) is 9.10. The maximum Gasteiger partial charge on any atom is 0.130 e. The summed E-state index contributed by atoms with van der Waals surface area (Å²) in [4.78, 5) is 0. The molecule has 0 fully saturated rings. The van der Waals surface area contributed by atoms with Gasteiger partial charge in [0.2, 0.25) is 0 Å². The molecule has 0 amide bonds. The molecule has 0 aliphatic rings. The molecule has 0 atom stereocenters. The standard InChI is InChI=1S/C9H16ClN3/c1-4-7-5-12-13(8(7)10)6-9(2,3)11/h5H,4,6,11H2,1-3H3. The first-order valence-corrected chi connectivity index (χ1v) is 4.81. The Morgan fingerprint density at radius 1 is 1.62 bits per heavy atom. The first-order chi connectivity index (χ1) is 5.94. The molecule has 1 aromatic rings. The van der Waals surface area contributed by atoms with Crippen molar-refractivity contribution >= 4 is 11.6 Å². The van der Waals surface area contributed by atoms with E-state index in [1.807, 2.05) is 13.8 Å². The lowest BCUT2D eigenvalue weighted by Crippen LogP contribution is -2.37. The van der Waals surface area contributed by atoms with Crippen LogP contribution in [0.4, 0.5) is 0 Å². The summed E-state index contributed by atoms with van der Waals surface area (Å²) in [6.45, 7) is 6.61. The summed E-state index contributed by atoms with van der Waals surface area (Å²) in [5, 5.41) is 4.89. The maximum absolute atomic E-state index is 6.08. The lowest BCUT2D eigenvalue weighted by molar-refractivity contribution is 0.409. The molecule has 2 N–H and O–H groups in total. The Morgan fingerprint density at radius 2 is 2.23 bits per heavy atom. The van der Waals surface area contributed by atoms with Gasteiger partial charge < -0.3 is 5.73 Å². The Morgan fingerprint density at radius 3 is 2.62 bits per heavy atom. The number of hydrogen-bond acceptors (Lipinski definition) is 2. The Hall–Kier alpha value is -0.540. The van der Waals surface area contributed by atoms with E-state index in [0.717, 1.165) is 12.0 Å². The van der Waals surface area contributed by atoms with Crippen LogP contribution >= 0.6 is 11.6 Å². The normalized spacial score (nSPS) is 12.1. The number of nitrogens with two attached hydrogens (primary N) is 1. The van der Waals surface area contributed by atoms with E-state index < -0.39 is 0 Å². The van der Waals surface area contributed by atoms with E-state index in [2.05, 4.69) is 12.0 Å². The summed E-state index contributed by atoms with van der Waals surface area (Å²) in [5.74, 6) is 0. The summed E-state index contributed by atoms with van der Waals surface area (Å²) < 4.78 is 1.75. The number of aryl methyl sites for hydroxylation is 1. The minimum absolute atomic E-state index is 0.277. The van der Waals surface area contributed by atoms with Gasteiger partial charge in [0.05, 0.1) is 12.7 Å². The molecule has 1 heterocycles. The number of rotatable bonds is 3. The van der Waals surface area contributed by atoms with Crippen molar-refractivity contribution < 1.29 is 0 Å². The Balaban J connectivity index is 2.84. The first kappa shape index (κ1) is 10.5. The highest BCUT2D eigenvalue weighted by Gasteiger charge is 2.15. The van der Waals surface area contributed by atoms with Crippen LogP contribution in [-0.4, -0.2) is 15.3 Å². The average Bonchev–Trinajstić information content (AvgIpc) is 2.30. The molecule has 4 heteroatoms. The first-order valence-electron chi connectivity index (χ1n) is 4.43. The molecule has 0 saturated heterocycles. The molecule has 0 unspecified atom stereocenters. The number of halogens is 1. The van der Waals surface area contributed by atoms with Crippen LogP contribution in [0.3, 0.4) is 0 Å². The van der Waals surface area contributed by atoms with Crippen molar-refractivity contribution in [2.45, 2.75) is 39.3 Å². The van der Waals surface area contributed by atoms with E-state index in [0.29, 0.717) is 11.7 Å². The number of hydrogen-bond donors (Lipinski definition) is 1. The number of nitrogens with zero attached hydrogens (tertiary/aromatic N) is 2. The van der Waals surface area contributed by atoms with E-state index in [-0.39, 0.29) is 5.54 Å². The summed E-state index contributed by atoms with van der Waals surface area (Å²) in [6.07, 6.45) is 2.71. The van der Waals surface area contributed by atoms with Crippen LogP contribution in [0, 0.1) is 0 Å². The Kier molecular flexibility index (Phi) is 2.98. The second-order valence-electron chi connectivity index (χ2n) is 3.96. The van der Waals surface area contributed by atoms with Gasteiger partial charge in [0.25, 0.3) is 0 Å². The summed E-state index contributed by atoms with van der Waals surface area (Å²) in [7, 11) is 0. The Labute approximate surface area is 83.9 Å². The van der Waals surface area contributed by atoms with Crippen LogP contribution in [0.5, 0.6) is 0 Å². The second-order valence-corrected chi connectivity index (χ2v) is 4.32. The number of aromatic nitrogens is 2. The van der Waals surface area contributed by atoms with Gasteiger partial charge in [-0.3, -0.25) is 4.68 Å². The fourth-order valence-corrected chi connectivity index (χ4v) is 1.43. The topological polar surface area (TPSA) is 43.8 Å². The lowest BCUT2D eigenvalue weighted by Gasteiger charge is -2.18. The van der Waals surface area contributed by atoms with Gasteiger partial charge in [0.1, 0.15) is 5.15 Å². The third-order valence-corrected chi connectivity index (χ3v) is 2.22. The van der Waals surface area contributed by atoms with E-state index in [1.165, 1.54) is 0 Å². The van der Waals surface area contributed by atoms with Crippen LogP contribution < -0.4 is 5.73 Å². The van der Waals surface area contributed by atoms with Crippen molar-refractivity contribution in [1.82, 2.24) is 9.78 Å². The zero-order valence-electron chi connectivity index (χ0n) is 8.34. The molecule has 0 radical (unpaired) electrons. The van der Waals surface area contributed by atoms with Gasteiger partial charge >= 0.3 is 0 Å². The Bertz CT molecular complexity index is 286. The molecule has 1 rings (SSSR count). The molecule has 0 saturated carbocycles. The van der Waals surface area contributed by atoms with Crippen LogP contribution in [0.1, 0.15) is 26.3 Å². The molecule has 0 aliphatic carbocycles. The van der Waals surface area contributed by atoms with Crippen molar-refractivity contribution in [3.8, 4) is 0 Å². The van der Waals surface area contributed by atoms with Crippen molar-refractivity contribution in [2.75, 3.05) is 0 Å². The molecule has 74 valence electrons. The van der Waals surface area contributed by atoms with Crippen LogP contribution in [0.15, 0.2) is 6.20 Å². The highest BCUT2D eigenvalue weighted by molar-refractivity contribution is 6.30.